The molecular weight excluding hydrogens is 230 g/mol. The largest absolute Gasteiger partial charge is 0.299 e. The van der Waals surface area contributed by atoms with E-state index in [1.54, 1.807) is 23.0 Å². The molecule has 0 unspecified atom stereocenters. The number of nitrogens with zero attached hydrogens (tertiary/aromatic N) is 1. The van der Waals surface area contributed by atoms with E-state index in [4.69, 9.17) is 0 Å². The molecule has 0 aliphatic carbocycles. The molecule has 0 aliphatic rings. The molecule has 0 amide bonds. The molecule has 0 N–H and O–H groups in total. The zero-order chi connectivity index (χ0) is 11.9. The SMILES string of the molecule is O=C(CCCc1ccccc1)Cc1cncs1. The lowest BCUT2D eigenvalue weighted by Gasteiger charge is -2.00. The second-order valence-electron chi connectivity index (χ2n) is 4.02. The van der Waals surface area contributed by atoms with Crippen LogP contribution in [0.25, 0.3) is 0 Å². The van der Waals surface area contributed by atoms with Crippen molar-refractivity contribution in [2.75, 3.05) is 0 Å². The van der Waals surface area contributed by atoms with Gasteiger partial charge in [0.15, 0.2) is 0 Å². The maximum absolute atomic E-state index is 11.7. The van der Waals surface area contributed by atoms with Gasteiger partial charge in [0.1, 0.15) is 5.78 Å². The van der Waals surface area contributed by atoms with Crippen LogP contribution >= 0.6 is 11.3 Å². The lowest BCUT2D eigenvalue weighted by molar-refractivity contribution is -0.118. The lowest BCUT2D eigenvalue weighted by atomic mass is 10.1. The van der Waals surface area contributed by atoms with E-state index in [0.717, 1.165) is 17.7 Å². The molecule has 3 heteroatoms. The fourth-order valence-corrected chi connectivity index (χ4v) is 2.37. The van der Waals surface area contributed by atoms with Crippen molar-refractivity contribution in [3.05, 3.63) is 52.5 Å². The predicted octanol–water partition coefficient (Wildman–Crippen LogP) is 3.28. The van der Waals surface area contributed by atoms with E-state index in [0.29, 0.717) is 18.6 Å². The normalized spacial score (nSPS) is 10.4. The summed E-state index contributed by atoms with van der Waals surface area (Å²) in [5.41, 5.74) is 3.07. The van der Waals surface area contributed by atoms with Crippen LogP contribution in [0.2, 0.25) is 0 Å². The zero-order valence-corrected chi connectivity index (χ0v) is 10.5. The van der Waals surface area contributed by atoms with E-state index in [2.05, 4.69) is 17.1 Å². The molecule has 0 fully saturated rings. The third-order valence-corrected chi connectivity index (χ3v) is 3.40. The number of ketones is 1. The van der Waals surface area contributed by atoms with Gasteiger partial charge in [-0.05, 0) is 18.4 Å². The molecule has 0 radical (unpaired) electrons. The van der Waals surface area contributed by atoms with Gasteiger partial charge in [0.25, 0.3) is 0 Å². The van der Waals surface area contributed by atoms with Crippen molar-refractivity contribution in [3.63, 3.8) is 0 Å². The fourth-order valence-electron chi connectivity index (χ4n) is 1.75. The standard InChI is InChI=1S/C14H15NOS/c16-13(9-14-10-15-11-17-14)8-4-7-12-5-2-1-3-6-12/h1-3,5-6,10-11H,4,7-9H2. The summed E-state index contributed by atoms with van der Waals surface area (Å²) < 4.78 is 0. The molecule has 2 rings (SSSR count). The average Bonchev–Trinajstić information content (AvgIpc) is 2.83. The molecule has 0 spiro atoms. The van der Waals surface area contributed by atoms with Gasteiger partial charge in [-0.15, -0.1) is 11.3 Å². The number of Topliss-reactive ketones (excluding diaryl/α,β-unsaturated/α-hetero) is 1. The third kappa shape index (κ3) is 4.11. The van der Waals surface area contributed by atoms with E-state index in [1.165, 1.54) is 5.56 Å². The monoisotopic (exact) mass is 245 g/mol. The fraction of sp³-hybridized carbons (Fsp3) is 0.286. The summed E-state index contributed by atoms with van der Waals surface area (Å²) in [6.45, 7) is 0. The number of rotatable bonds is 6. The molecule has 1 aromatic heterocycles. The van der Waals surface area contributed by atoms with E-state index in [-0.39, 0.29) is 0 Å². The van der Waals surface area contributed by atoms with Crippen molar-refractivity contribution in [2.45, 2.75) is 25.7 Å². The molecule has 1 aromatic carbocycles. The smallest absolute Gasteiger partial charge is 0.138 e. The molecule has 0 aliphatic heterocycles. The number of carbonyl (C=O) groups is 1. The maximum Gasteiger partial charge on any atom is 0.138 e. The third-order valence-electron chi connectivity index (χ3n) is 2.62. The highest BCUT2D eigenvalue weighted by Gasteiger charge is 2.04. The van der Waals surface area contributed by atoms with E-state index >= 15 is 0 Å². The van der Waals surface area contributed by atoms with Gasteiger partial charge in [-0.1, -0.05) is 30.3 Å². The first-order valence-corrected chi connectivity index (χ1v) is 6.65. The molecule has 2 nitrogen and oxygen atoms in total. The van der Waals surface area contributed by atoms with Crippen LogP contribution in [-0.2, 0) is 17.6 Å². The van der Waals surface area contributed by atoms with Gasteiger partial charge in [0.2, 0.25) is 0 Å². The van der Waals surface area contributed by atoms with Crippen LogP contribution in [0.1, 0.15) is 23.3 Å². The summed E-state index contributed by atoms with van der Waals surface area (Å²) in [6, 6.07) is 10.3. The molecule has 1 heterocycles. The van der Waals surface area contributed by atoms with Crippen LogP contribution in [0.15, 0.2) is 42.0 Å². The van der Waals surface area contributed by atoms with E-state index < -0.39 is 0 Å². The second kappa shape index (κ2) is 6.30. The summed E-state index contributed by atoms with van der Waals surface area (Å²) in [5.74, 6) is 0.310. The van der Waals surface area contributed by atoms with Crippen LogP contribution in [0.3, 0.4) is 0 Å². The minimum atomic E-state index is 0.310. The highest BCUT2D eigenvalue weighted by molar-refractivity contribution is 7.09. The Balaban J connectivity index is 1.70. The molecule has 0 atom stereocenters. The quantitative estimate of drug-likeness (QED) is 0.781. The Bertz CT molecular complexity index is 450. The number of thiazole rings is 1. The van der Waals surface area contributed by atoms with Gasteiger partial charge < -0.3 is 0 Å². The van der Waals surface area contributed by atoms with Gasteiger partial charge in [-0.25, -0.2) is 0 Å². The van der Waals surface area contributed by atoms with Crippen molar-refractivity contribution in [3.8, 4) is 0 Å². The van der Waals surface area contributed by atoms with Crippen molar-refractivity contribution in [2.24, 2.45) is 0 Å². The number of hydrogen-bond acceptors (Lipinski definition) is 3. The highest BCUT2D eigenvalue weighted by atomic mass is 32.1. The van der Waals surface area contributed by atoms with Crippen LogP contribution in [0, 0.1) is 0 Å². The molecule has 0 bridgehead atoms. The molecule has 0 saturated heterocycles. The number of aromatic nitrogens is 1. The number of aryl methyl sites for hydroxylation is 1. The molecule has 17 heavy (non-hydrogen) atoms. The average molecular weight is 245 g/mol. The summed E-state index contributed by atoms with van der Waals surface area (Å²) >= 11 is 1.55. The van der Waals surface area contributed by atoms with Crippen molar-refractivity contribution in [1.29, 1.82) is 0 Å². The van der Waals surface area contributed by atoms with Gasteiger partial charge in [-0.3, -0.25) is 9.78 Å². The van der Waals surface area contributed by atoms with Gasteiger partial charge >= 0.3 is 0 Å². The number of benzene rings is 1. The first-order valence-electron chi connectivity index (χ1n) is 5.77. The van der Waals surface area contributed by atoms with Crippen molar-refractivity contribution in [1.82, 2.24) is 4.98 Å². The Hall–Kier alpha value is -1.48. The van der Waals surface area contributed by atoms with E-state index in [9.17, 15) is 4.79 Å². The summed E-state index contributed by atoms with van der Waals surface area (Å²) in [4.78, 5) is 16.7. The van der Waals surface area contributed by atoms with Crippen LogP contribution < -0.4 is 0 Å². The van der Waals surface area contributed by atoms with Gasteiger partial charge in [0.05, 0.1) is 5.51 Å². The van der Waals surface area contributed by atoms with Crippen LogP contribution in [0.4, 0.5) is 0 Å². The summed E-state index contributed by atoms with van der Waals surface area (Å²) in [6.07, 6.45) is 4.89. The molecule has 88 valence electrons. The second-order valence-corrected chi connectivity index (χ2v) is 4.99. The number of carbonyl (C=O) groups excluding carboxylic acids is 1. The lowest BCUT2D eigenvalue weighted by Crippen LogP contribution is -2.01. The Morgan fingerprint density at radius 1 is 1.24 bits per heavy atom. The number of hydrogen-bond donors (Lipinski definition) is 0. The van der Waals surface area contributed by atoms with Gasteiger partial charge in [-0.2, -0.15) is 0 Å². The Morgan fingerprint density at radius 2 is 2.06 bits per heavy atom. The summed E-state index contributed by atoms with van der Waals surface area (Å²) in [5, 5.41) is 0. The Labute approximate surface area is 105 Å². The van der Waals surface area contributed by atoms with Gasteiger partial charge in [0, 0.05) is 23.9 Å². The minimum Gasteiger partial charge on any atom is -0.299 e. The predicted molar refractivity (Wildman–Crippen MR) is 70.2 cm³/mol. The molecule has 2 aromatic rings. The minimum absolute atomic E-state index is 0.310. The highest BCUT2D eigenvalue weighted by Crippen LogP contribution is 2.10. The van der Waals surface area contributed by atoms with Crippen molar-refractivity contribution < 1.29 is 4.79 Å². The Kier molecular flexibility index (Phi) is 4.45. The molecule has 0 saturated carbocycles. The molecular formula is C14H15NOS. The van der Waals surface area contributed by atoms with Crippen LogP contribution in [-0.4, -0.2) is 10.8 Å². The first kappa shape index (κ1) is 12.0. The maximum atomic E-state index is 11.7. The van der Waals surface area contributed by atoms with Crippen LogP contribution in [0.5, 0.6) is 0 Å². The zero-order valence-electron chi connectivity index (χ0n) is 9.63. The summed E-state index contributed by atoms with van der Waals surface area (Å²) in [7, 11) is 0. The van der Waals surface area contributed by atoms with Crippen molar-refractivity contribution >= 4 is 17.1 Å². The first-order chi connectivity index (χ1) is 8.34. The van der Waals surface area contributed by atoms with E-state index in [1.807, 2.05) is 18.2 Å². The topological polar surface area (TPSA) is 30.0 Å². The Morgan fingerprint density at radius 3 is 2.76 bits per heavy atom.